The van der Waals surface area contributed by atoms with Crippen LogP contribution in [0.25, 0.3) is 11.1 Å². The summed E-state index contributed by atoms with van der Waals surface area (Å²) < 4.78 is 23.4. The van der Waals surface area contributed by atoms with Crippen LogP contribution in [-0.4, -0.2) is 25.4 Å². The SMILES string of the molecule is NC(=O)c1cc(C#CCc2cccc(C(=O)O)c2Br)cc(-c2ccc(S(N)(=O)=O)cc2)c1N. The van der Waals surface area contributed by atoms with E-state index < -0.39 is 21.9 Å². The molecular weight excluding hydrogens is 510 g/mol. The number of amides is 1. The third kappa shape index (κ3) is 5.40. The Kier molecular flexibility index (Phi) is 6.88. The molecule has 0 saturated heterocycles. The van der Waals surface area contributed by atoms with Gasteiger partial charge in [-0.2, -0.15) is 0 Å². The molecule has 33 heavy (non-hydrogen) atoms. The van der Waals surface area contributed by atoms with Gasteiger partial charge in [-0.05, 0) is 57.4 Å². The smallest absolute Gasteiger partial charge is 0.336 e. The van der Waals surface area contributed by atoms with Gasteiger partial charge in [-0.25, -0.2) is 18.4 Å². The quantitative estimate of drug-likeness (QED) is 0.294. The molecule has 0 aliphatic carbocycles. The van der Waals surface area contributed by atoms with Crippen LogP contribution in [0.2, 0.25) is 0 Å². The summed E-state index contributed by atoms with van der Waals surface area (Å²) in [4.78, 5) is 23.1. The number of rotatable bonds is 5. The van der Waals surface area contributed by atoms with Crippen molar-refractivity contribution >= 4 is 43.5 Å². The molecule has 0 heterocycles. The standard InChI is InChI=1S/C23H18BrN3O5S/c24-20-15(5-2-6-17(20)23(29)30)4-1-3-13-11-18(21(25)19(12-13)22(26)28)14-7-9-16(10-8-14)33(27,31)32/h2,5-12H,4,25H2,(H2,26,28)(H,29,30)(H2,27,31,32). The molecule has 0 spiro atoms. The second-order valence-corrected chi connectivity index (χ2v) is 9.34. The number of carbonyl (C=O) groups excluding carboxylic acids is 1. The first-order valence-electron chi connectivity index (χ1n) is 9.35. The highest BCUT2D eigenvalue weighted by molar-refractivity contribution is 9.10. The molecule has 0 aliphatic rings. The molecule has 0 saturated carbocycles. The summed E-state index contributed by atoms with van der Waals surface area (Å²) in [7, 11) is -3.86. The highest BCUT2D eigenvalue weighted by atomic mass is 79.9. The molecule has 3 aromatic rings. The summed E-state index contributed by atoms with van der Waals surface area (Å²) in [5, 5.41) is 14.4. The number of carboxylic acids is 1. The van der Waals surface area contributed by atoms with Crippen LogP contribution in [0.3, 0.4) is 0 Å². The van der Waals surface area contributed by atoms with E-state index in [4.69, 9.17) is 16.6 Å². The van der Waals surface area contributed by atoms with Crippen molar-refractivity contribution in [1.82, 2.24) is 0 Å². The fourth-order valence-corrected chi connectivity index (χ4v) is 4.20. The van der Waals surface area contributed by atoms with Crippen molar-refractivity contribution in [1.29, 1.82) is 0 Å². The lowest BCUT2D eigenvalue weighted by Crippen LogP contribution is -2.14. The molecule has 0 unspecified atom stereocenters. The topological polar surface area (TPSA) is 167 Å². The van der Waals surface area contributed by atoms with Gasteiger partial charge in [-0.1, -0.05) is 36.1 Å². The lowest BCUT2D eigenvalue weighted by molar-refractivity contribution is 0.0695. The summed E-state index contributed by atoms with van der Waals surface area (Å²) in [5.41, 5.74) is 14.1. The van der Waals surface area contributed by atoms with Crippen molar-refractivity contribution in [3.05, 3.63) is 81.3 Å². The van der Waals surface area contributed by atoms with Crippen molar-refractivity contribution in [2.75, 3.05) is 5.73 Å². The van der Waals surface area contributed by atoms with Gasteiger partial charge in [0.15, 0.2) is 0 Å². The molecule has 168 valence electrons. The second kappa shape index (κ2) is 9.46. The van der Waals surface area contributed by atoms with E-state index in [0.717, 1.165) is 0 Å². The first-order valence-corrected chi connectivity index (χ1v) is 11.7. The van der Waals surface area contributed by atoms with Gasteiger partial charge in [0.1, 0.15) is 0 Å². The second-order valence-electron chi connectivity index (χ2n) is 6.98. The number of aromatic carboxylic acids is 1. The normalized spacial score (nSPS) is 10.8. The van der Waals surface area contributed by atoms with Gasteiger partial charge in [-0.3, -0.25) is 4.79 Å². The first kappa shape index (κ1) is 24.0. The molecule has 3 aromatic carbocycles. The molecule has 8 nitrogen and oxygen atoms in total. The van der Waals surface area contributed by atoms with Crippen LogP contribution in [0.4, 0.5) is 5.69 Å². The Bertz CT molecular complexity index is 1440. The summed E-state index contributed by atoms with van der Waals surface area (Å²) in [6, 6.07) is 13.7. The molecule has 3 rings (SSSR count). The van der Waals surface area contributed by atoms with Crippen molar-refractivity contribution in [3.8, 4) is 23.0 Å². The number of primary sulfonamides is 1. The van der Waals surface area contributed by atoms with Gasteiger partial charge in [0.05, 0.1) is 21.7 Å². The highest BCUT2D eigenvalue weighted by Gasteiger charge is 2.15. The van der Waals surface area contributed by atoms with Crippen LogP contribution in [0.1, 0.15) is 31.8 Å². The minimum Gasteiger partial charge on any atom is -0.478 e. The summed E-state index contributed by atoms with van der Waals surface area (Å²) in [6.45, 7) is 0. The molecular formula is C23H18BrN3O5S. The third-order valence-electron chi connectivity index (χ3n) is 4.76. The first-order chi connectivity index (χ1) is 15.5. The zero-order valence-electron chi connectivity index (χ0n) is 17.0. The number of anilines is 1. The molecule has 7 N–H and O–H groups in total. The maximum absolute atomic E-state index is 11.9. The summed E-state index contributed by atoms with van der Waals surface area (Å²) in [5.74, 6) is 4.10. The van der Waals surface area contributed by atoms with Crippen LogP contribution < -0.4 is 16.6 Å². The summed E-state index contributed by atoms with van der Waals surface area (Å²) >= 11 is 3.29. The largest absolute Gasteiger partial charge is 0.478 e. The van der Waals surface area contributed by atoms with E-state index in [9.17, 15) is 23.1 Å². The highest BCUT2D eigenvalue weighted by Crippen LogP contribution is 2.31. The summed E-state index contributed by atoms with van der Waals surface area (Å²) in [6.07, 6.45) is 0.246. The maximum Gasteiger partial charge on any atom is 0.336 e. The number of sulfonamides is 1. The molecule has 0 radical (unpaired) electrons. The van der Waals surface area contributed by atoms with Gasteiger partial charge in [-0.15, -0.1) is 0 Å². The van der Waals surface area contributed by atoms with E-state index in [2.05, 4.69) is 27.8 Å². The lowest BCUT2D eigenvalue weighted by atomic mass is 9.96. The number of nitrogens with two attached hydrogens (primary N) is 3. The van der Waals surface area contributed by atoms with E-state index in [1.54, 1.807) is 18.2 Å². The molecule has 10 heteroatoms. The Morgan fingerprint density at radius 2 is 1.70 bits per heavy atom. The Labute approximate surface area is 198 Å². The van der Waals surface area contributed by atoms with E-state index in [-0.39, 0.29) is 28.1 Å². The van der Waals surface area contributed by atoms with Crippen LogP contribution in [0.15, 0.2) is 64.0 Å². The molecule has 0 atom stereocenters. The predicted octanol–water partition coefficient (Wildman–Crippen LogP) is 2.74. The Morgan fingerprint density at radius 1 is 1.03 bits per heavy atom. The van der Waals surface area contributed by atoms with E-state index in [1.165, 1.54) is 36.4 Å². The fourth-order valence-electron chi connectivity index (χ4n) is 3.12. The number of hydrogen-bond donors (Lipinski definition) is 4. The van der Waals surface area contributed by atoms with Gasteiger partial charge in [0.2, 0.25) is 10.0 Å². The van der Waals surface area contributed by atoms with E-state index in [0.29, 0.717) is 26.7 Å². The zero-order chi connectivity index (χ0) is 24.3. The predicted molar refractivity (Wildman–Crippen MR) is 128 cm³/mol. The average molecular weight is 528 g/mol. The molecule has 0 fully saturated rings. The van der Waals surface area contributed by atoms with Gasteiger partial charge >= 0.3 is 5.97 Å². The monoisotopic (exact) mass is 527 g/mol. The lowest BCUT2D eigenvalue weighted by Gasteiger charge is -2.11. The number of hydrogen-bond acceptors (Lipinski definition) is 5. The van der Waals surface area contributed by atoms with Crippen LogP contribution in [0.5, 0.6) is 0 Å². The van der Waals surface area contributed by atoms with Crippen LogP contribution in [-0.2, 0) is 16.4 Å². The van der Waals surface area contributed by atoms with Crippen LogP contribution >= 0.6 is 15.9 Å². The molecule has 0 aromatic heterocycles. The minimum atomic E-state index is -3.86. The van der Waals surface area contributed by atoms with Gasteiger partial charge < -0.3 is 16.6 Å². The Morgan fingerprint density at radius 3 is 2.27 bits per heavy atom. The van der Waals surface area contributed by atoms with E-state index >= 15 is 0 Å². The maximum atomic E-state index is 11.9. The molecule has 1 amide bonds. The van der Waals surface area contributed by atoms with Crippen molar-refractivity contribution in [2.45, 2.75) is 11.3 Å². The fraction of sp³-hybridized carbons (Fsp3) is 0.0435. The Balaban J connectivity index is 2.02. The average Bonchev–Trinajstić information content (AvgIpc) is 2.75. The number of primary amides is 1. The number of carboxylic acid groups (broad SMARTS) is 1. The van der Waals surface area contributed by atoms with E-state index in [1.807, 2.05) is 0 Å². The number of benzene rings is 3. The Hall–Kier alpha value is -3.65. The zero-order valence-corrected chi connectivity index (χ0v) is 19.4. The van der Waals surface area contributed by atoms with Crippen molar-refractivity contribution in [2.24, 2.45) is 10.9 Å². The van der Waals surface area contributed by atoms with Gasteiger partial charge in [0, 0.05) is 22.0 Å². The van der Waals surface area contributed by atoms with Crippen molar-refractivity contribution < 1.29 is 23.1 Å². The minimum absolute atomic E-state index is 0.0648. The van der Waals surface area contributed by atoms with Gasteiger partial charge in [0.25, 0.3) is 5.91 Å². The number of carbonyl (C=O) groups is 2. The van der Waals surface area contributed by atoms with Crippen molar-refractivity contribution in [3.63, 3.8) is 0 Å². The molecule has 0 aliphatic heterocycles. The molecule has 0 bridgehead atoms. The third-order valence-corrected chi connectivity index (χ3v) is 6.63. The number of nitrogen functional groups attached to an aromatic ring is 1. The van der Waals surface area contributed by atoms with Crippen LogP contribution in [0, 0.1) is 11.8 Å². The number of halogens is 1.